The van der Waals surface area contributed by atoms with Crippen molar-refractivity contribution in [2.24, 2.45) is 0 Å². The molecule has 0 aliphatic carbocycles. The minimum Gasteiger partial charge on any atom is -0.392 e. The van der Waals surface area contributed by atoms with E-state index in [1.54, 1.807) is 19.2 Å². The van der Waals surface area contributed by atoms with Crippen LogP contribution in [0.25, 0.3) is 5.65 Å². The van der Waals surface area contributed by atoms with Crippen molar-refractivity contribution < 1.29 is 19.0 Å². The third-order valence-corrected chi connectivity index (χ3v) is 4.84. The van der Waals surface area contributed by atoms with Crippen LogP contribution in [0.2, 0.25) is 0 Å². The minimum atomic E-state index is -0.683. The van der Waals surface area contributed by atoms with Crippen molar-refractivity contribution in [1.82, 2.24) is 24.9 Å². The Morgan fingerprint density at radius 2 is 2.37 bits per heavy atom. The van der Waals surface area contributed by atoms with E-state index >= 15 is 0 Å². The van der Waals surface area contributed by atoms with Gasteiger partial charge in [-0.2, -0.15) is 5.10 Å². The van der Waals surface area contributed by atoms with Gasteiger partial charge >= 0.3 is 0 Å². The number of aromatic amines is 1. The van der Waals surface area contributed by atoms with Crippen LogP contribution in [-0.2, 0) is 4.74 Å². The molecule has 11 heteroatoms. The van der Waals surface area contributed by atoms with Crippen LogP contribution in [0, 0.1) is 5.82 Å². The highest BCUT2D eigenvalue weighted by atomic mass is 19.1. The number of nitrogens with zero attached hydrogens (tertiary/aromatic N) is 4. The van der Waals surface area contributed by atoms with Gasteiger partial charge in [0, 0.05) is 31.0 Å². The summed E-state index contributed by atoms with van der Waals surface area (Å²) < 4.78 is 20.7. The minimum absolute atomic E-state index is 0.101. The lowest BCUT2D eigenvalue weighted by molar-refractivity contribution is 0.0923. The zero-order valence-corrected chi connectivity index (χ0v) is 16.2. The van der Waals surface area contributed by atoms with E-state index in [4.69, 9.17) is 4.74 Å². The van der Waals surface area contributed by atoms with Crippen LogP contribution < -0.4 is 15.8 Å². The number of aromatic nitrogens is 4. The zero-order valence-electron chi connectivity index (χ0n) is 16.2. The van der Waals surface area contributed by atoms with E-state index in [1.807, 2.05) is 4.90 Å². The maximum atomic E-state index is 13.8. The molecule has 0 saturated carbocycles. The summed E-state index contributed by atoms with van der Waals surface area (Å²) >= 11 is 0. The number of halogens is 1. The summed E-state index contributed by atoms with van der Waals surface area (Å²) in [6.07, 6.45) is 3.38. The van der Waals surface area contributed by atoms with E-state index in [2.05, 4.69) is 20.4 Å². The first kappa shape index (κ1) is 20.0. The maximum absolute atomic E-state index is 13.8. The number of ether oxygens (including phenoxy) is 1. The first-order valence-electron chi connectivity index (χ1n) is 9.47. The Kier molecular flexibility index (Phi) is 5.46. The highest BCUT2D eigenvalue weighted by Gasteiger charge is 2.29. The number of hydrogen-bond donors (Lipinski definition) is 3. The monoisotopic (exact) mass is 416 g/mol. The largest absolute Gasteiger partial charge is 0.392 e. The topological polar surface area (TPSA) is 125 Å². The molecule has 4 heterocycles. The molecule has 0 bridgehead atoms. The Morgan fingerprint density at radius 3 is 3.17 bits per heavy atom. The second-order valence-corrected chi connectivity index (χ2v) is 7.06. The molecule has 30 heavy (non-hydrogen) atoms. The number of nitrogens with one attached hydrogen (secondary N) is 2. The Balaban J connectivity index is 1.70. The fraction of sp³-hybridized carbons (Fsp3) is 0.368. The molecular weight excluding hydrogens is 395 g/mol. The van der Waals surface area contributed by atoms with Crippen LogP contribution >= 0.6 is 0 Å². The van der Waals surface area contributed by atoms with Gasteiger partial charge in [0.25, 0.3) is 11.5 Å². The molecule has 0 radical (unpaired) electrons. The average molecular weight is 416 g/mol. The van der Waals surface area contributed by atoms with E-state index < -0.39 is 29.4 Å². The van der Waals surface area contributed by atoms with Crippen molar-refractivity contribution in [1.29, 1.82) is 0 Å². The predicted octanol–water partition coefficient (Wildman–Crippen LogP) is 0.245. The standard InChI is InChI=1S/C19H21FN6O4/c1-11(27)7-21-19(29)14-9-23-26-3-2-16(24-17(14)26)25-4-5-30-10-15(25)13-6-12(20)8-22-18(13)28/h2-3,6,8-9,11,15,27H,4-5,7,10H2,1H3,(H,21,29)(H,22,28)/t11-,15?/m1/s1. The van der Waals surface area contributed by atoms with Crippen LogP contribution in [-0.4, -0.2) is 63.0 Å². The highest BCUT2D eigenvalue weighted by Crippen LogP contribution is 2.28. The lowest BCUT2D eigenvalue weighted by Gasteiger charge is -2.36. The molecule has 1 unspecified atom stereocenters. The SMILES string of the molecule is C[C@@H](O)CNC(=O)c1cnn2ccc(N3CCOCC3c3cc(F)c[nH]c3=O)nc12. The Hall–Kier alpha value is -3.31. The molecule has 2 atom stereocenters. The van der Waals surface area contributed by atoms with Crippen LogP contribution in [0.1, 0.15) is 28.9 Å². The summed E-state index contributed by atoms with van der Waals surface area (Å²) in [4.78, 5) is 33.5. The molecule has 4 rings (SSSR count). The number of aliphatic hydroxyl groups is 1. The average Bonchev–Trinajstić information content (AvgIpc) is 3.17. The van der Waals surface area contributed by atoms with Gasteiger partial charge in [-0.15, -0.1) is 0 Å². The number of carbonyl (C=O) groups excluding carboxylic acids is 1. The van der Waals surface area contributed by atoms with Crippen LogP contribution in [0.15, 0.2) is 35.5 Å². The number of pyridine rings is 1. The van der Waals surface area contributed by atoms with Gasteiger partial charge in [-0.3, -0.25) is 9.59 Å². The quantitative estimate of drug-likeness (QED) is 0.544. The molecular formula is C19H21FN6O4. The van der Waals surface area contributed by atoms with E-state index in [0.29, 0.717) is 24.6 Å². The van der Waals surface area contributed by atoms with Gasteiger partial charge in [0.15, 0.2) is 5.65 Å². The summed E-state index contributed by atoms with van der Waals surface area (Å²) in [5.41, 5.74) is 0.417. The second kappa shape index (κ2) is 8.20. The van der Waals surface area contributed by atoms with Crippen molar-refractivity contribution in [3.63, 3.8) is 0 Å². The van der Waals surface area contributed by atoms with Crippen molar-refractivity contribution in [3.05, 3.63) is 58.0 Å². The Bertz CT molecular complexity index is 1130. The number of aliphatic hydroxyl groups excluding tert-OH is 1. The maximum Gasteiger partial charge on any atom is 0.256 e. The van der Waals surface area contributed by atoms with Crippen LogP contribution in [0.4, 0.5) is 10.2 Å². The van der Waals surface area contributed by atoms with Gasteiger partial charge in [0.05, 0.1) is 31.6 Å². The molecule has 1 amide bonds. The number of H-pyrrole nitrogens is 1. The fourth-order valence-corrected chi connectivity index (χ4v) is 3.37. The van der Waals surface area contributed by atoms with Crippen molar-refractivity contribution >= 4 is 17.4 Å². The summed E-state index contributed by atoms with van der Waals surface area (Å²) in [6, 6.07) is 2.37. The van der Waals surface area contributed by atoms with Gasteiger partial charge in [-0.1, -0.05) is 0 Å². The molecule has 3 N–H and O–H groups in total. The van der Waals surface area contributed by atoms with Crippen molar-refractivity contribution in [2.75, 3.05) is 31.2 Å². The van der Waals surface area contributed by atoms with Crippen molar-refractivity contribution in [2.45, 2.75) is 19.1 Å². The number of carbonyl (C=O) groups is 1. The smallest absolute Gasteiger partial charge is 0.256 e. The number of morpholine rings is 1. The number of hydrogen-bond acceptors (Lipinski definition) is 7. The normalized spacial score (nSPS) is 17.8. The number of fused-ring (bicyclic) bond motifs is 1. The van der Waals surface area contributed by atoms with Crippen LogP contribution in [0.5, 0.6) is 0 Å². The third kappa shape index (κ3) is 3.89. The van der Waals surface area contributed by atoms with Gasteiger partial charge in [0.1, 0.15) is 17.2 Å². The van der Waals surface area contributed by atoms with E-state index in [-0.39, 0.29) is 24.3 Å². The first-order valence-corrected chi connectivity index (χ1v) is 9.47. The van der Waals surface area contributed by atoms with Crippen molar-refractivity contribution in [3.8, 4) is 0 Å². The number of rotatable bonds is 5. The molecule has 1 saturated heterocycles. The fourth-order valence-electron chi connectivity index (χ4n) is 3.37. The molecule has 0 aromatic carbocycles. The molecule has 1 aliphatic heterocycles. The molecule has 158 valence electrons. The van der Waals surface area contributed by atoms with E-state index in [0.717, 1.165) is 6.20 Å². The molecule has 0 spiro atoms. The van der Waals surface area contributed by atoms with E-state index in [9.17, 15) is 19.1 Å². The molecule has 3 aromatic heterocycles. The van der Waals surface area contributed by atoms with E-state index in [1.165, 1.54) is 16.8 Å². The summed E-state index contributed by atoms with van der Waals surface area (Å²) in [7, 11) is 0. The second-order valence-electron chi connectivity index (χ2n) is 7.06. The molecule has 1 aliphatic rings. The predicted molar refractivity (Wildman–Crippen MR) is 105 cm³/mol. The zero-order chi connectivity index (χ0) is 21.3. The van der Waals surface area contributed by atoms with Gasteiger partial charge in [-0.05, 0) is 19.1 Å². The Morgan fingerprint density at radius 1 is 1.53 bits per heavy atom. The third-order valence-electron chi connectivity index (χ3n) is 4.84. The first-order chi connectivity index (χ1) is 14.4. The van der Waals surface area contributed by atoms with Crippen LogP contribution in [0.3, 0.4) is 0 Å². The molecule has 1 fully saturated rings. The summed E-state index contributed by atoms with van der Waals surface area (Å²) in [5, 5.41) is 16.1. The number of amides is 1. The van der Waals surface area contributed by atoms with Gasteiger partial charge in [0.2, 0.25) is 0 Å². The highest BCUT2D eigenvalue weighted by molar-refractivity contribution is 5.99. The summed E-state index contributed by atoms with van der Waals surface area (Å²) in [5.74, 6) is -0.452. The molecule has 10 nitrogen and oxygen atoms in total. The van der Waals surface area contributed by atoms with Gasteiger partial charge in [-0.25, -0.2) is 13.9 Å². The summed E-state index contributed by atoms with van der Waals surface area (Å²) in [6.45, 7) is 2.71. The number of anilines is 1. The molecule has 3 aromatic rings. The lowest BCUT2D eigenvalue weighted by atomic mass is 10.1. The lowest BCUT2D eigenvalue weighted by Crippen LogP contribution is -2.42. The van der Waals surface area contributed by atoms with Gasteiger partial charge < -0.3 is 25.0 Å². The Labute approximate surface area is 170 Å².